The molecule has 0 aliphatic heterocycles. The van der Waals surface area contributed by atoms with Crippen LogP contribution >= 0.6 is 0 Å². The van der Waals surface area contributed by atoms with Gasteiger partial charge in [0.1, 0.15) is 0 Å². The zero-order valence-corrected chi connectivity index (χ0v) is 34.6. The standard InChI is InChI=1S/C47H91NO3/c1-3-5-7-9-11-13-15-17-19-21-23-25-26-28-30-32-34-36-38-40-42-46(50)45(44-49)48-47(51)43-41-39-37-35-33-31-29-27-24-22-20-18-16-14-12-10-8-6-4-2/h22,24,40,42,45-46,49-50H,3-21,23,25-39,41,43-44H2,1-2H3,(H,48,51)/b24-22-,42-40+. The Morgan fingerprint density at radius 2 is 0.745 bits per heavy atom. The van der Waals surface area contributed by atoms with Gasteiger partial charge in [0.05, 0.1) is 18.8 Å². The predicted molar refractivity (Wildman–Crippen MR) is 225 cm³/mol. The first-order valence-corrected chi connectivity index (χ1v) is 23.1. The van der Waals surface area contributed by atoms with Gasteiger partial charge in [0, 0.05) is 6.42 Å². The molecule has 0 aliphatic carbocycles. The molecule has 1 amide bonds. The lowest BCUT2D eigenvalue weighted by atomic mass is 10.0. The summed E-state index contributed by atoms with van der Waals surface area (Å²) in [5.41, 5.74) is 0. The third kappa shape index (κ3) is 39.9. The first-order chi connectivity index (χ1) is 25.2. The summed E-state index contributed by atoms with van der Waals surface area (Å²) in [4.78, 5) is 12.4. The van der Waals surface area contributed by atoms with Crippen LogP contribution in [0.5, 0.6) is 0 Å². The maximum Gasteiger partial charge on any atom is 0.220 e. The molecule has 0 aromatic carbocycles. The van der Waals surface area contributed by atoms with Crippen molar-refractivity contribution in [1.29, 1.82) is 0 Å². The Kier molecular flexibility index (Phi) is 42.3. The van der Waals surface area contributed by atoms with Gasteiger partial charge < -0.3 is 15.5 Å². The van der Waals surface area contributed by atoms with Gasteiger partial charge in [0.25, 0.3) is 0 Å². The fraction of sp³-hybridized carbons (Fsp3) is 0.894. The summed E-state index contributed by atoms with van der Waals surface area (Å²) in [7, 11) is 0. The molecule has 2 atom stereocenters. The van der Waals surface area contributed by atoms with E-state index in [1.807, 2.05) is 6.08 Å². The minimum absolute atomic E-state index is 0.0660. The Morgan fingerprint density at radius 1 is 0.451 bits per heavy atom. The monoisotopic (exact) mass is 718 g/mol. The highest BCUT2D eigenvalue weighted by Gasteiger charge is 2.17. The smallest absolute Gasteiger partial charge is 0.220 e. The second-order valence-electron chi connectivity index (χ2n) is 15.8. The highest BCUT2D eigenvalue weighted by atomic mass is 16.3. The molecular weight excluding hydrogens is 627 g/mol. The number of unbranched alkanes of at least 4 members (excludes halogenated alkanes) is 33. The number of amides is 1. The average Bonchev–Trinajstić information content (AvgIpc) is 3.13. The van der Waals surface area contributed by atoms with Crippen LogP contribution in [0.1, 0.15) is 251 Å². The van der Waals surface area contributed by atoms with Crippen molar-refractivity contribution in [2.45, 2.75) is 264 Å². The van der Waals surface area contributed by atoms with Crippen LogP contribution in [0.25, 0.3) is 0 Å². The fourth-order valence-corrected chi connectivity index (χ4v) is 7.11. The van der Waals surface area contributed by atoms with Crippen LogP contribution in [0.3, 0.4) is 0 Å². The van der Waals surface area contributed by atoms with E-state index in [0.717, 1.165) is 25.7 Å². The van der Waals surface area contributed by atoms with Gasteiger partial charge in [-0.15, -0.1) is 0 Å². The van der Waals surface area contributed by atoms with E-state index in [1.54, 1.807) is 6.08 Å². The SMILES string of the molecule is CCCCCCCCCC/C=C\CCCCCCCCCC(=O)NC(CO)C(O)/C=C/CCCCCCCCCCCCCCCCCCCC. The van der Waals surface area contributed by atoms with Crippen LogP contribution < -0.4 is 5.32 Å². The number of aliphatic hydroxyl groups is 2. The molecular formula is C47H91NO3. The van der Waals surface area contributed by atoms with Gasteiger partial charge in [-0.05, 0) is 44.9 Å². The predicted octanol–water partition coefficient (Wildman–Crippen LogP) is 14.4. The summed E-state index contributed by atoms with van der Waals surface area (Å²) in [6.45, 7) is 4.32. The number of aliphatic hydroxyl groups excluding tert-OH is 2. The molecule has 0 fully saturated rings. The topological polar surface area (TPSA) is 69.6 Å². The third-order valence-electron chi connectivity index (χ3n) is 10.7. The average molecular weight is 718 g/mol. The van der Waals surface area contributed by atoms with Crippen molar-refractivity contribution < 1.29 is 15.0 Å². The van der Waals surface area contributed by atoms with Gasteiger partial charge in [-0.1, -0.05) is 224 Å². The molecule has 0 bridgehead atoms. The van der Waals surface area contributed by atoms with E-state index < -0.39 is 12.1 Å². The molecule has 4 nitrogen and oxygen atoms in total. The van der Waals surface area contributed by atoms with E-state index in [4.69, 9.17) is 0 Å². The van der Waals surface area contributed by atoms with Crippen molar-refractivity contribution in [1.82, 2.24) is 5.32 Å². The van der Waals surface area contributed by atoms with Crippen LogP contribution in [0, 0.1) is 0 Å². The largest absolute Gasteiger partial charge is 0.394 e. The van der Waals surface area contributed by atoms with Crippen LogP contribution in [0.4, 0.5) is 0 Å². The first-order valence-electron chi connectivity index (χ1n) is 23.1. The zero-order chi connectivity index (χ0) is 37.1. The van der Waals surface area contributed by atoms with Crippen molar-refractivity contribution in [3.63, 3.8) is 0 Å². The number of hydrogen-bond donors (Lipinski definition) is 3. The molecule has 0 saturated carbocycles. The number of hydrogen-bond acceptors (Lipinski definition) is 3. The second kappa shape index (κ2) is 43.3. The van der Waals surface area contributed by atoms with Gasteiger partial charge in [-0.25, -0.2) is 0 Å². The van der Waals surface area contributed by atoms with Crippen LogP contribution in [0.2, 0.25) is 0 Å². The van der Waals surface area contributed by atoms with Gasteiger partial charge >= 0.3 is 0 Å². The maximum atomic E-state index is 12.4. The molecule has 2 unspecified atom stereocenters. The van der Waals surface area contributed by atoms with Crippen LogP contribution in [-0.2, 0) is 4.79 Å². The third-order valence-corrected chi connectivity index (χ3v) is 10.7. The molecule has 0 spiro atoms. The summed E-state index contributed by atoms with van der Waals surface area (Å²) < 4.78 is 0. The second-order valence-corrected chi connectivity index (χ2v) is 15.8. The highest BCUT2D eigenvalue weighted by molar-refractivity contribution is 5.76. The van der Waals surface area contributed by atoms with Crippen LogP contribution in [0.15, 0.2) is 24.3 Å². The molecule has 0 heterocycles. The molecule has 0 rings (SSSR count). The summed E-state index contributed by atoms with van der Waals surface area (Å²) in [5.74, 6) is -0.0660. The molecule has 0 aromatic heterocycles. The Morgan fingerprint density at radius 3 is 1.08 bits per heavy atom. The summed E-state index contributed by atoms with van der Waals surface area (Å²) in [6.07, 6.45) is 55.8. The lowest BCUT2D eigenvalue weighted by molar-refractivity contribution is -0.123. The van der Waals surface area contributed by atoms with Crippen LogP contribution in [-0.4, -0.2) is 34.9 Å². The normalized spacial score (nSPS) is 13.1. The summed E-state index contributed by atoms with van der Waals surface area (Å²) in [5, 5.41) is 23.1. The molecule has 302 valence electrons. The Hall–Kier alpha value is -1.13. The van der Waals surface area contributed by atoms with E-state index in [9.17, 15) is 15.0 Å². The van der Waals surface area contributed by atoms with E-state index >= 15 is 0 Å². The van der Waals surface area contributed by atoms with E-state index in [1.165, 1.54) is 205 Å². The van der Waals surface area contributed by atoms with Crippen molar-refractivity contribution in [3.8, 4) is 0 Å². The molecule has 4 heteroatoms. The lowest BCUT2D eigenvalue weighted by Crippen LogP contribution is -2.45. The number of allylic oxidation sites excluding steroid dienone is 3. The Labute approximate surface area is 319 Å². The van der Waals surface area contributed by atoms with E-state index in [2.05, 4.69) is 31.3 Å². The minimum atomic E-state index is -0.838. The minimum Gasteiger partial charge on any atom is -0.394 e. The quantitative estimate of drug-likeness (QED) is 0.0435. The molecule has 0 radical (unpaired) electrons. The zero-order valence-electron chi connectivity index (χ0n) is 34.6. The lowest BCUT2D eigenvalue weighted by Gasteiger charge is -2.20. The van der Waals surface area contributed by atoms with Gasteiger partial charge in [0.15, 0.2) is 0 Å². The van der Waals surface area contributed by atoms with E-state index in [0.29, 0.717) is 6.42 Å². The van der Waals surface area contributed by atoms with Crippen molar-refractivity contribution in [2.75, 3.05) is 6.61 Å². The maximum absolute atomic E-state index is 12.4. The van der Waals surface area contributed by atoms with Gasteiger partial charge in [-0.3, -0.25) is 4.79 Å². The van der Waals surface area contributed by atoms with Gasteiger partial charge in [-0.2, -0.15) is 0 Å². The Balaban J connectivity index is 3.55. The number of nitrogens with one attached hydrogen (secondary N) is 1. The van der Waals surface area contributed by atoms with Crippen molar-refractivity contribution in [2.24, 2.45) is 0 Å². The molecule has 0 aliphatic rings. The van der Waals surface area contributed by atoms with Gasteiger partial charge in [0.2, 0.25) is 5.91 Å². The summed E-state index contributed by atoms with van der Waals surface area (Å²) in [6, 6.07) is -0.622. The molecule has 0 aromatic rings. The van der Waals surface area contributed by atoms with E-state index in [-0.39, 0.29) is 12.5 Å². The molecule has 3 N–H and O–H groups in total. The fourth-order valence-electron chi connectivity index (χ4n) is 7.11. The highest BCUT2D eigenvalue weighted by Crippen LogP contribution is 2.16. The molecule has 0 saturated heterocycles. The van der Waals surface area contributed by atoms with Crippen molar-refractivity contribution in [3.05, 3.63) is 24.3 Å². The number of rotatable bonds is 42. The number of carbonyl (C=O) groups is 1. The molecule has 51 heavy (non-hydrogen) atoms. The summed E-state index contributed by atoms with van der Waals surface area (Å²) >= 11 is 0. The first kappa shape index (κ1) is 49.9. The number of carbonyl (C=O) groups excluding carboxylic acids is 1. The van der Waals surface area contributed by atoms with Crippen molar-refractivity contribution >= 4 is 5.91 Å². The Bertz CT molecular complexity index is 735.